The summed E-state index contributed by atoms with van der Waals surface area (Å²) in [5.41, 5.74) is 0.695. The number of rotatable bonds is 6. The van der Waals surface area contributed by atoms with E-state index in [2.05, 4.69) is 4.98 Å². The van der Waals surface area contributed by atoms with Gasteiger partial charge in [-0.15, -0.1) is 0 Å². The van der Waals surface area contributed by atoms with Crippen LogP contribution < -0.4 is 5.56 Å². The number of hydrogen-bond acceptors (Lipinski definition) is 5. The minimum Gasteiger partial charge on any atom is -0.329 e. The Bertz CT molecular complexity index is 813. The average Bonchev–Trinajstić information content (AvgIpc) is 2.48. The molecule has 1 aromatic heterocycles. The van der Waals surface area contributed by atoms with Gasteiger partial charge in [0.1, 0.15) is 0 Å². The highest BCUT2D eigenvalue weighted by Crippen LogP contribution is 2.42. The Hall–Kier alpha value is -1.78. The van der Waals surface area contributed by atoms with Crippen LogP contribution in [0.3, 0.4) is 0 Å². The topological polar surface area (TPSA) is 78.3 Å². The van der Waals surface area contributed by atoms with Gasteiger partial charge in [0.25, 0.3) is 5.56 Å². The Morgan fingerprint density at radius 3 is 2.73 bits per heavy atom. The van der Waals surface area contributed by atoms with Crippen LogP contribution >= 0.6 is 7.37 Å². The second kappa shape index (κ2) is 6.55. The molecule has 2 rings (SSSR count). The van der Waals surface area contributed by atoms with Crippen LogP contribution in [0.15, 0.2) is 29.1 Å². The fourth-order valence-corrected chi connectivity index (χ4v) is 3.51. The van der Waals surface area contributed by atoms with Gasteiger partial charge < -0.3 is 9.09 Å². The van der Waals surface area contributed by atoms with Gasteiger partial charge in [-0.1, -0.05) is 12.1 Å². The molecule has 0 aliphatic rings. The van der Waals surface area contributed by atoms with E-state index in [1.807, 2.05) is 0 Å². The Morgan fingerprint density at radius 1 is 1.36 bits per heavy atom. The third-order valence-corrected chi connectivity index (χ3v) is 5.23. The molecule has 0 aliphatic carbocycles. The Labute approximate surface area is 128 Å². The molecule has 0 spiro atoms. The van der Waals surface area contributed by atoms with E-state index in [1.54, 1.807) is 38.2 Å². The van der Waals surface area contributed by atoms with Crippen molar-refractivity contribution in [2.75, 3.05) is 19.4 Å². The first-order valence-corrected chi connectivity index (χ1v) is 9.31. The number of para-hydroxylation sites is 2. The van der Waals surface area contributed by atoms with Crippen LogP contribution in [-0.4, -0.2) is 34.8 Å². The Kier molecular flexibility index (Phi) is 4.94. The van der Waals surface area contributed by atoms with Crippen LogP contribution in [0.1, 0.15) is 23.8 Å². The number of carbonyl (C=O) groups excluding carboxylic acids is 1. The van der Waals surface area contributed by atoms with Crippen molar-refractivity contribution in [3.8, 4) is 0 Å². The van der Waals surface area contributed by atoms with Gasteiger partial charge in [-0.2, -0.15) is 0 Å². The maximum Gasteiger partial charge on any atom is 0.280 e. The third kappa shape index (κ3) is 3.51. The molecular weight excluding hydrogens is 303 g/mol. The normalized spacial score (nSPS) is 14.0. The van der Waals surface area contributed by atoms with Crippen molar-refractivity contribution in [2.45, 2.75) is 13.3 Å². The van der Waals surface area contributed by atoms with E-state index in [4.69, 9.17) is 4.52 Å². The number of fused-ring (bicyclic) bond motifs is 1. The standard InChI is InChI=1S/C15H19N2O4P/c1-4-21-22(3,20)10-9-13(18)14-15(19)17(2)12-8-6-5-7-11(12)16-14/h5-8H,4,9-10H2,1-3H3. The fraction of sp³-hybridized carbons (Fsp3) is 0.400. The van der Waals surface area contributed by atoms with E-state index in [0.717, 1.165) is 0 Å². The van der Waals surface area contributed by atoms with Gasteiger partial charge in [0, 0.05) is 26.3 Å². The second-order valence-corrected chi connectivity index (χ2v) is 7.88. The molecule has 0 saturated carbocycles. The third-order valence-electron chi connectivity index (χ3n) is 3.39. The number of nitrogens with zero attached hydrogens (tertiary/aromatic N) is 2. The van der Waals surface area contributed by atoms with Gasteiger partial charge in [0.2, 0.25) is 7.37 Å². The van der Waals surface area contributed by atoms with Crippen LogP contribution in [0.25, 0.3) is 11.0 Å². The van der Waals surface area contributed by atoms with Crippen molar-refractivity contribution < 1.29 is 13.9 Å². The number of ketones is 1. The lowest BCUT2D eigenvalue weighted by Crippen LogP contribution is -2.27. The summed E-state index contributed by atoms with van der Waals surface area (Å²) >= 11 is 0. The molecule has 1 unspecified atom stereocenters. The quantitative estimate of drug-likeness (QED) is 0.603. The summed E-state index contributed by atoms with van der Waals surface area (Å²) in [5.74, 6) is -0.409. The van der Waals surface area contributed by atoms with Crippen LogP contribution in [0, 0.1) is 0 Å². The van der Waals surface area contributed by atoms with Gasteiger partial charge in [-0.05, 0) is 19.1 Å². The molecule has 1 aromatic carbocycles. The van der Waals surface area contributed by atoms with Crippen LogP contribution in [0.2, 0.25) is 0 Å². The lowest BCUT2D eigenvalue weighted by molar-refractivity contribution is 0.0981. The first kappa shape index (κ1) is 16.6. The van der Waals surface area contributed by atoms with Gasteiger partial charge in [0.15, 0.2) is 11.5 Å². The minimum atomic E-state index is -2.80. The molecule has 2 aromatic rings. The van der Waals surface area contributed by atoms with E-state index in [9.17, 15) is 14.2 Å². The molecule has 0 fully saturated rings. The number of hydrogen-bond donors (Lipinski definition) is 0. The molecule has 0 bridgehead atoms. The highest BCUT2D eigenvalue weighted by atomic mass is 31.2. The predicted octanol–water partition coefficient (Wildman–Crippen LogP) is 2.45. The zero-order chi connectivity index (χ0) is 16.3. The van der Waals surface area contributed by atoms with Crippen molar-refractivity contribution in [1.29, 1.82) is 0 Å². The van der Waals surface area contributed by atoms with Crippen molar-refractivity contribution in [3.05, 3.63) is 40.3 Å². The summed E-state index contributed by atoms with van der Waals surface area (Å²) in [5, 5.41) is 0. The van der Waals surface area contributed by atoms with Crippen LogP contribution in [0.5, 0.6) is 0 Å². The number of aryl methyl sites for hydroxylation is 1. The van der Waals surface area contributed by atoms with E-state index < -0.39 is 18.7 Å². The van der Waals surface area contributed by atoms with Crippen molar-refractivity contribution in [1.82, 2.24) is 9.55 Å². The van der Waals surface area contributed by atoms with Crippen molar-refractivity contribution in [3.63, 3.8) is 0 Å². The largest absolute Gasteiger partial charge is 0.329 e. The molecule has 1 heterocycles. The van der Waals surface area contributed by atoms with Crippen LogP contribution in [0.4, 0.5) is 0 Å². The molecule has 1 atom stereocenters. The fourth-order valence-electron chi connectivity index (χ4n) is 2.22. The van der Waals surface area contributed by atoms with Gasteiger partial charge in [0.05, 0.1) is 17.6 Å². The maximum atomic E-state index is 12.3. The van der Waals surface area contributed by atoms with Gasteiger partial charge in [-0.3, -0.25) is 14.2 Å². The molecule has 0 aliphatic heterocycles. The first-order valence-electron chi connectivity index (χ1n) is 7.06. The summed E-state index contributed by atoms with van der Waals surface area (Å²) in [6, 6.07) is 7.12. The Balaban J connectivity index is 2.31. The molecular formula is C15H19N2O4P. The van der Waals surface area contributed by atoms with Crippen LogP contribution in [-0.2, 0) is 16.1 Å². The predicted molar refractivity (Wildman–Crippen MR) is 86.0 cm³/mol. The summed E-state index contributed by atoms with van der Waals surface area (Å²) in [7, 11) is -1.19. The highest BCUT2D eigenvalue weighted by Gasteiger charge is 2.21. The Morgan fingerprint density at radius 2 is 2.05 bits per heavy atom. The zero-order valence-electron chi connectivity index (χ0n) is 12.9. The summed E-state index contributed by atoms with van der Waals surface area (Å²) in [6.45, 7) is 3.58. The van der Waals surface area contributed by atoms with Crippen molar-refractivity contribution >= 4 is 24.2 Å². The molecule has 0 saturated heterocycles. The van der Waals surface area contributed by atoms with Gasteiger partial charge >= 0.3 is 0 Å². The number of benzene rings is 1. The van der Waals surface area contributed by atoms with E-state index in [-0.39, 0.29) is 18.3 Å². The molecule has 7 heteroatoms. The second-order valence-electron chi connectivity index (χ2n) is 5.14. The molecule has 6 nitrogen and oxygen atoms in total. The van der Waals surface area contributed by atoms with E-state index in [1.165, 1.54) is 11.2 Å². The van der Waals surface area contributed by atoms with Crippen molar-refractivity contribution in [2.24, 2.45) is 7.05 Å². The molecule has 0 N–H and O–H groups in total. The van der Waals surface area contributed by atoms with E-state index >= 15 is 0 Å². The molecule has 0 radical (unpaired) electrons. The number of carbonyl (C=O) groups is 1. The monoisotopic (exact) mass is 322 g/mol. The minimum absolute atomic E-state index is 0.0195. The molecule has 22 heavy (non-hydrogen) atoms. The number of Topliss-reactive ketones (excluding diaryl/α,β-unsaturated/α-hetero) is 1. The van der Waals surface area contributed by atoms with E-state index in [0.29, 0.717) is 17.6 Å². The molecule has 118 valence electrons. The SMILES string of the molecule is CCOP(C)(=O)CCC(=O)c1nc2ccccc2n(C)c1=O. The molecule has 0 amide bonds. The smallest absolute Gasteiger partial charge is 0.280 e. The average molecular weight is 322 g/mol. The lowest BCUT2D eigenvalue weighted by Gasteiger charge is -2.12. The summed E-state index contributed by atoms with van der Waals surface area (Å²) in [4.78, 5) is 28.7. The first-order chi connectivity index (χ1) is 10.4. The highest BCUT2D eigenvalue weighted by molar-refractivity contribution is 7.58. The number of aromatic nitrogens is 2. The summed E-state index contributed by atoms with van der Waals surface area (Å²) < 4.78 is 18.6. The maximum absolute atomic E-state index is 12.3. The summed E-state index contributed by atoms with van der Waals surface area (Å²) in [6.07, 6.45) is 0.0890. The van der Waals surface area contributed by atoms with Gasteiger partial charge in [-0.25, -0.2) is 4.98 Å². The lowest BCUT2D eigenvalue weighted by atomic mass is 10.2. The zero-order valence-corrected chi connectivity index (χ0v) is 13.8.